The molecule has 0 rings (SSSR count). The van der Waals surface area contributed by atoms with E-state index in [1.807, 2.05) is 0 Å². The number of unbranched alkanes of at least 4 members (excludes halogenated alkanes) is 35. The number of esters is 3. The van der Waals surface area contributed by atoms with Crippen LogP contribution in [0.4, 0.5) is 0 Å². The lowest BCUT2D eigenvalue weighted by Gasteiger charge is -2.18. The number of carbonyl (C=O) groups excluding carboxylic acids is 3. The first kappa shape index (κ1) is 73.6. The monoisotopic (exact) mass is 1070 g/mol. The first-order valence-electron chi connectivity index (χ1n) is 33.1. The van der Waals surface area contributed by atoms with E-state index in [-0.39, 0.29) is 37.5 Å². The van der Waals surface area contributed by atoms with Gasteiger partial charge in [-0.2, -0.15) is 0 Å². The van der Waals surface area contributed by atoms with Crippen LogP contribution in [-0.4, -0.2) is 37.2 Å². The standard InChI is InChI=1S/C71H124O6/c1-4-7-10-13-15-17-19-21-23-25-27-29-30-31-32-33-34-35-36-37-38-39-40-42-43-45-47-49-51-53-55-58-61-64-70(73)76-67-68(66-75-69(72)63-60-57-12-9-6-3)77-71(74)65-62-59-56-54-52-50-48-46-44-41-28-26-24-22-20-18-16-14-11-8-5-2/h8,11,16,18,22,24-25,27-28,41,46,48,52,54,68H,4-7,9-10,12-15,17,19-21,23,26,29-40,42-45,47,49-51,53,55-67H2,1-3H3/b11-8-,18-16-,24-22-,27-25-,41-28-,48-46-,54-52-. The maximum absolute atomic E-state index is 12.8. The quantitative estimate of drug-likeness (QED) is 0.0261. The Hall–Kier alpha value is -3.41. The van der Waals surface area contributed by atoms with Gasteiger partial charge < -0.3 is 14.2 Å². The number of hydrogen-bond donors (Lipinski definition) is 0. The zero-order valence-corrected chi connectivity index (χ0v) is 51.0. The van der Waals surface area contributed by atoms with Gasteiger partial charge in [-0.1, -0.05) is 298 Å². The number of rotatable bonds is 60. The van der Waals surface area contributed by atoms with Gasteiger partial charge in [0.25, 0.3) is 0 Å². The third kappa shape index (κ3) is 63.3. The molecule has 0 aromatic rings. The van der Waals surface area contributed by atoms with E-state index in [1.54, 1.807) is 0 Å². The molecule has 0 heterocycles. The van der Waals surface area contributed by atoms with Crippen molar-refractivity contribution in [2.75, 3.05) is 13.2 Å². The normalized spacial score (nSPS) is 12.6. The third-order valence-corrected chi connectivity index (χ3v) is 14.4. The van der Waals surface area contributed by atoms with Crippen molar-refractivity contribution in [2.45, 2.75) is 335 Å². The second kappa shape index (κ2) is 65.1. The minimum atomic E-state index is -0.796. The zero-order valence-electron chi connectivity index (χ0n) is 51.0. The van der Waals surface area contributed by atoms with Crippen molar-refractivity contribution in [3.8, 4) is 0 Å². The average Bonchev–Trinajstić information content (AvgIpc) is 3.43. The van der Waals surface area contributed by atoms with Crippen molar-refractivity contribution in [2.24, 2.45) is 0 Å². The highest BCUT2D eigenvalue weighted by Gasteiger charge is 2.19. The van der Waals surface area contributed by atoms with Gasteiger partial charge in [0, 0.05) is 19.3 Å². The SMILES string of the molecule is CC/C=C\C/C=C\C/C=C\C/C=C\C/C=C\C/C=C\CCCCC(=O)OC(COC(=O)CCCCCCC)COC(=O)CCCCCCCCCCCCCCCCCCCCCCC/C=C\CCCCCCCCCC. The van der Waals surface area contributed by atoms with E-state index in [2.05, 4.69) is 106 Å². The molecule has 0 fully saturated rings. The summed E-state index contributed by atoms with van der Waals surface area (Å²) in [6.07, 6.45) is 86.7. The molecular weight excluding hydrogens is 949 g/mol. The topological polar surface area (TPSA) is 78.9 Å². The Morgan fingerprint density at radius 2 is 0.506 bits per heavy atom. The average molecular weight is 1070 g/mol. The van der Waals surface area contributed by atoms with Crippen LogP contribution in [0.2, 0.25) is 0 Å². The Balaban J connectivity index is 3.99. The van der Waals surface area contributed by atoms with Crippen molar-refractivity contribution in [3.05, 3.63) is 85.1 Å². The van der Waals surface area contributed by atoms with Crippen molar-refractivity contribution in [3.63, 3.8) is 0 Å². The third-order valence-electron chi connectivity index (χ3n) is 14.4. The molecule has 0 bridgehead atoms. The summed E-state index contributed by atoms with van der Waals surface area (Å²) >= 11 is 0. The van der Waals surface area contributed by atoms with Crippen molar-refractivity contribution in [1.29, 1.82) is 0 Å². The lowest BCUT2D eigenvalue weighted by molar-refractivity contribution is -0.167. The first-order valence-corrected chi connectivity index (χ1v) is 33.1. The van der Waals surface area contributed by atoms with Gasteiger partial charge >= 0.3 is 17.9 Å². The summed E-state index contributed by atoms with van der Waals surface area (Å²) in [6.45, 7) is 6.43. The van der Waals surface area contributed by atoms with Crippen LogP contribution < -0.4 is 0 Å². The summed E-state index contributed by atoms with van der Waals surface area (Å²) in [5.74, 6) is -0.941. The molecule has 0 saturated heterocycles. The van der Waals surface area contributed by atoms with E-state index < -0.39 is 6.10 Å². The van der Waals surface area contributed by atoms with Gasteiger partial charge in [-0.05, 0) is 96.3 Å². The summed E-state index contributed by atoms with van der Waals surface area (Å²) in [5.41, 5.74) is 0. The molecule has 0 aromatic carbocycles. The van der Waals surface area contributed by atoms with Crippen LogP contribution in [-0.2, 0) is 28.6 Å². The van der Waals surface area contributed by atoms with E-state index in [1.165, 1.54) is 186 Å². The molecular formula is C71H124O6. The van der Waals surface area contributed by atoms with Gasteiger partial charge in [-0.3, -0.25) is 14.4 Å². The predicted molar refractivity (Wildman–Crippen MR) is 334 cm³/mol. The molecule has 1 unspecified atom stereocenters. The minimum absolute atomic E-state index is 0.0921. The van der Waals surface area contributed by atoms with Crippen LogP contribution in [0.3, 0.4) is 0 Å². The minimum Gasteiger partial charge on any atom is -0.462 e. The molecule has 0 aliphatic rings. The number of hydrogen-bond acceptors (Lipinski definition) is 6. The maximum atomic E-state index is 12.8. The number of ether oxygens (including phenoxy) is 3. The lowest BCUT2D eigenvalue weighted by atomic mass is 10.0. The molecule has 1 atom stereocenters. The summed E-state index contributed by atoms with van der Waals surface area (Å²) in [5, 5.41) is 0. The molecule has 77 heavy (non-hydrogen) atoms. The van der Waals surface area contributed by atoms with E-state index in [4.69, 9.17) is 14.2 Å². The Labute approximate surface area is 477 Å². The Morgan fingerprint density at radius 3 is 0.831 bits per heavy atom. The molecule has 6 nitrogen and oxygen atoms in total. The Morgan fingerprint density at radius 1 is 0.273 bits per heavy atom. The van der Waals surface area contributed by atoms with Crippen molar-refractivity contribution < 1.29 is 28.6 Å². The van der Waals surface area contributed by atoms with Crippen molar-refractivity contribution >= 4 is 17.9 Å². The highest BCUT2D eigenvalue weighted by atomic mass is 16.6. The maximum Gasteiger partial charge on any atom is 0.306 e. The highest BCUT2D eigenvalue weighted by molar-refractivity contribution is 5.71. The first-order chi connectivity index (χ1) is 38.0. The Bertz CT molecular complexity index is 1470. The van der Waals surface area contributed by atoms with Gasteiger partial charge in [0.2, 0.25) is 0 Å². The molecule has 0 radical (unpaired) electrons. The molecule has 0 aliphatic heterocycles. The fourth-order valence-electron chi connectivity index (χ4n) is 9.44. The zero-order chi connectivity index (χ0) is 55.7. The molecule has 0 N–H and O–H groups in total. The summed E-state index contributed by atoms with van der Waals surface area (Å²) < 4.78 is 16.7. The molecule has 0 aromatic heterocycles. The van der Waals surface area contributed by atoms with Crippen LogP contribution in [0.25, 0.3) is 0 Å². The van der Waals surface area contributed by atoms with Gasteiger partial charge in [-0.25, -0.2) is 0 Å². The summed E-state index contributed by atoms with van der Waals surface area (Å²) in [6, 6.07) is 0. The molecule has 0 amide bonds. The van der Waals surface area contributed by atoms with Crippen LogP contribution >= 0.6 is 0 Å². The van der Waals surface area contributed by atoms with Gasteiger partial charge in [0.15, 0.2) is 6.10 Å². The molecule has 6 heteroatoms. The second-order valence-electron chi connectivity index (χ2n) is 22.0. The van der Waals surface area contributed by atoms with Crippen LogP contribution in [0, 0.1) is 0 Å². The van der Waals surface area contributed by atoms with Crippen molar-refractivity contribution in [1.82, 2.24) is 0 Å². The molecule has 0 spiro atoms. The van der Waals surface area contributed by atoms with E-state index in [0.29, 0.717) is 19.3 Å². The molecule has 444 valence electrons. The van der Waals surface area contributed by atoms with E-state index in [9.17, 15) is 14.4 Å². The van der Waals surface area contributed by atoms with Crippen LogP contribution in [0.5, 0.6) is 0 Å². The van der Waals surface area contributed by atoms with Gasteiger partial charge in [0.05, 0.1) is 0 Å². The Kier molecular flexibility index (Phi) is 62.2. The fraction of sp³-hybridized carbons (Fsp3) is 0.761. The van der Waals surface area contributed by atoms with Crippen LogP contribution in [0.15, 0.2) is 85.1 Å². The molecule has 0 saturated carbocycles. The largest absolute Gasteiger partial charge is 0.462 e. The fourth-order valence-corrected chi connectivity index (χ4v) is 9.44. The predicted octanol–water partition coefficient (Wildman–Crippen LogP) is 22.7. The second-order valence-corrected chi connectivity index (χ2v) is 22.0. The number of carbonyl (C=O) groups is 3. The summed E-state index contributed by atoms with van der Waals surface area (Å²) in [7, 11) is 0. The smallest absolute Gasteiger partial charge is 0.306 e. The molecule has 0 aliphatic carbocycles. The lowest BCUT2D eigenvalue weighted by Crippen LogP contribution is -2.30. The van der Waals surface area contributed by atoms with E-state index >= 15 is 0 Å². The van der Waals surface area contributed by atoms with Gasteiger partial charge in [0.1, 0.15) is 13.2 Å². The van der Waals surface area contributed by atoms with Crippen LogP contribution in [0.1, 0.15) is 329 Å². The highest BCUT2D eigenvalue weighted by Crippen LogP contribution is 2.17. The number of allylic oxidation sites excluding steroid dienone is 14. The summed E-state index contributed by atoms with van der Waals surface area (Å²) in [4.78, 5) is 37.9. The van der Waals surface area contributed by atoms with E-state index in [0.717, 1.165) is 96.3 Å². The van der Waals surface area contributed by atoms with Gasteiger partial charge in [-0.15, -0.1) is 0 Å².